The summed E-state index contributed by atoms with van der Waals surface area (Å²) < 4.78 is 37.4. The minimum absolute atomic E-state index is 0.126. The smallest absolute Gasteiger partial charge is 0.264 e. The standard InChI is InChI=1S/C16H14N2O5S/c1-18(11-2-5-14-15(8-11)23-9-22-14)24(20,21)12-3-4-13-10(6-12)7-16(19)17-13/h2-6,8H,7,9H2,1H3,(H,17,19). The predicted molar refractivity (Wildman–Crippen MR) is 86.9 cm³/mol. The van der Waals surface area contributed by atoms with E-state index in [0.29, 0.717) is 28.4 Å². The second-order valence-electron chi connectivity index (χ2n) is 5.55. The molecule has 0 aromatic heterocycles. The number of carbonyl (C=O) groups excluding carboxylic acids is 1. The molecular weight excluding hydrogens is 332 g/mol. The van der Waals surface area contributed by atoms with Crippen molar-refractivity contribution in [3.8, 4) is 11.5 Å². The van der Waals surface area contributed by atoms with Crippen molar-refractivity contribution in [3.05, 3.63) is 42.0 Å². The average Bonchev–Trinajstić information content (AvgIpc) is 3.17. The third kappa shape index (κ3) is 2.26. The van der Waals surface area contributed by atoms with Gasteiger partial charge < -0.3 is 14.8 Å². The van der Waals surface area contributed by atoms with Gasteiger partial charge in [0, 0.05) is 18.8 Å². The number of hydrogen-bond acceptors (Lipinski definition) is 5. The molecule has 0 radical (unpaired) electrons. The molecule has 2 aliphatic heterocycles. The maximum atomic E-state index is 12.9. The van der Waals surface area contributed by atoms with Gasteiger partial charge in [0.1, 0.15) is 0 Å². The van der Waals surface area contributed by atoms with Crippen LogP contribution in [-0.4, -0.2) is 28.2 Å². The van der Waals surface area contributed by atoms with E-state index in [-0.39, 0.29) is 24.0 Å². The highest BCUT2D eigenvalue weighted by molar-refractivity contribution is 7.92. The monoisotopic (exact) mass is 346 g/mol. The van der Waals surface area contributed by atoms with E-state index in [1.165, 1.54) is 23.5 Å². The second-order valence-corrected chi connectivity index (χ2v) is 7.52. The number of rotatable bonds is 3. The number of ether oxygens (including phenoxy) is 2. The molecule has 2 aliphatic rings. The van der Waals surface area contributed by atoms with Crippen molar-refractivity contribution in [2.24, 2.45) is 0 Å². The van der Waals surface area contributed by atoms with Crippen molar-refractivity contribution in [3.63, 3.8) is 0 Å². The molecule has 0 saturated heterocycles. The summed E-state index contributed by atoms with van der Waals surface area (Å²) in [4.78, 5) is 11.6. The summed E-state index contributed by atoms with van der Waals surface area (Å²) in [7, 11) is -2.27. The molecule has 24 heavy (non-hydrogen) atoms. The predicted octanol–water partition coefficient (Wildman–Crippen LogP) is 1.73. The zero-order valence-corrected chi connectivity index (χ0v) is 13.6. The Labute approximate surface area is 138 Å². The fourth-order valence-electron chi connectivity index (χ4n) is 2.74. The largest absolute Gasteiger partial charge is 0.454 e. The molecule has 0 bridgehead atoms. The van der Waals surface area contributed by atoms with Crippen LogP contribution in [0.15, 0.2) is 41.3 Å². The van der Waals surface area contributed by atoms with Gasteiger partial charge in [-0.15, -0.1) is 0 Å². The Kier molecular flexibility index (Phi) is 3.17. The quantitative estimate of drug-likeness (QED) is 0.915. The zero-order chi connectivity index (χ0) is 16.9. The molecule has 8 heteroatoms. The number of sulfonamides is 1. The molecule has 2 aromatic carbocycles. The van der Waals surface area contributed by atoms with Gasteiger partial charge in [0.05, 0.1) is 17.0 Å². The summed E-state index contributed by atoms with van der Waals surface area (Å²) in [5.41, 5.74) is 1.80. The van der Waals surface area contributed by atoms with Crippen molar-refractivity contribution in [1.29, 1.82) is 0 Å². The van der Waals surface area contributed by atoms with Gasteiger partial charge >= 0.3 is 0 Å². The van der Waals surface area contributed by atoms with E-state index in [9.17, 15) is 13.2 Å². The number of anilines is 2. The van der Waals surface area contributed by atoms with Gasteiger partial charge in [-0.05, 0) is 35.9 Å². The Morgan fingerprint density at radius 2 is 1.88 bits per heavy atom. The Bertz CT molecular complexity index is 955. The number of hydrogen-bond donors (Lipinski definition) is 1. The molecule has 1 amide bonds. The molecule has 124 valence electrons. The third-order valence-corrected chi connectivity index (χ3v) is 5.86. The van der Waals surface area contributed by atoms with Crippen LogP contribution in [0.5, 0.6) is 11.5 Å². The Morgan fingerprint density at radius 1 is 1.08 bits per heavy atom. The van der Waals surface area contributed by atoms with Crippen molar-refractivity contribution in [1.82, 2.24) is 0 Å². The van der Waals surface area contributed by atoms with Gasteiger partial charge in [-0.3, -0.25) is 9.10 Å². The summed E-state index contributed by atoms with van der Waals surface area (Å²) in [5, 5.41) is 2.69. The average molecular weight is 346 g/mol. The van der Waals surface area contributed by atoms with Gasteiger partial charge in [0.15, 0.2) is 11.5 Å². The van der Waals surface area contributed by atoms with Gasteiger partial charge in [-0.1, -0.05) is 0 Å². The van der Waals surface area contributed by atoms with Crippen LogP contribution in [0.2, 0.25) is 0 Å². The first-order valence-corrected chi connectivity index (χ1v) is 8.70. The fraction of sp³-hybridized carbons (Fsp3) is 0.188. The molecule has 2 aromatic rings. The molecule has 2 heterocycles. The maximum absolute atomic E-state index is 12.9. The van der Waals surface area contributed by atoms with Gasteiger partial charge in [-0.25, -0.2) is 8.42 Å². The van der Waals surface area contributed by atoms with Crippen LogP contribution in [0.4, 0.5) is 11.4 Å². The number of amides is 1. The van der Waals surface area contributed by atoms with E-state index in [1.54, 1.807) is 24.3 Å². The van der Waals surface area contributed by atoms with E-state index < -0.39 is 10.0 Å². The molecular formula is C16H14N2O5S. The van der Waals surface area contributed by atoms with Crippen LogP contribution in [0.1, 0.15) is 5.56 Å². The Hall–Kier alpha value is -2.74. The van der Waals surface area contributed by atoms with Crippen molar-refractivity contribution >= 4 is 27.3 Å². The highest BCUT2D eigenvalue weighted by Gasteiger charge is 2.26. The molecule has 4 rings (SSSR count). The normalized spacial score (nSPS) is 15.1. The number of benzene rings is 2. The second kappa shape index (κ2) is 5.13. The van der Waals surface area contributed by atoms with E-state index in [1.807, 2.05) is 0 Å². The summed E-state index contributed by atoms with van der Waals surface area (Å²) in [5.74, 6) is 0.966. The summed E-state index contributed by atoms with van der Waals surface area (Å²) >= 11 is 0. The lowest BCUT2D eigenvalue weighted by atomic mass is 10.2. The van der Waals surface area contributed by atoms with Crippen LogP contribution in [0, 0.1) is 0 Å². The lowest BCUT2D eigenvalue weighted by Crippen LogP contribution is -2.26. The van der Waals surface area contributed by atoms with Crippen molar-refractivity contribution in [2.75, 3.05) is 23.5 Å². The minimum Gasteiger partial charge on any atom is -0.454 e. The van der Waals surface area contributed by atoms with Gasteiger partial charge in [0.2, 0.25) is 12.7 Å². The zero-order valence-electron chi connectivity index (χ0n) is 12.8. The highest BCUT2D eigenvalue weighted by Crippen LogP contribution is 2.36. The van der Waals surface area contributed by atoms with Crippen LogP contribution >= 0.6 is 0 Å². The number of nitrogens with one attached hydrogen (secondary N) is 1. The fourth-order valence-corrected chi connectivity index (χ4v) is 3.98. The number of nitrogens with zero attached hydrogens (tertiary/aromatic N) is 1. The summed E-state index contributed by atoms with van der Waals surface area (Å²) in [6.45, 7) is 0.126. The van der Waals surface area contributed by atoms with Crippen LogP contribution in [0.25, 0.3) is 0 Å². The molecule has 0 saturated carbocycles. The first-order chi connectivity index (χ1) is 11.4. The first-order valence-electron chi connectivity index (χ1n) is 7.26. The molecule has 0 fully saturated rings. The van der Waals surface area contributed by atoms with E-state index in [0.717, 1.165) is 0 Å². The van der Waals surface area contributed by atoms with Crippen molar-refractivity contribution < 1.29 is 22.7 Å². The topological polar surface area (TPSA) is 84.9 Å². The summed E-state index contributed by atoms with van der Waals surface area (Å²) in [6.07, 6.45) is 0.187. The molecule has 1 N–H and O–H groups in total. The Balaban J connectivity index is 1.70. The van der Waals surface area contributed by atoms with Gasteiger partial charge in [-0.2, -0.15) is 0 Å². The lowest BCUT2D eigenvalue weighted by Gasteiger charge is -2.20. The minimum atomic E-state index is -3.75. The first kappa shape index (κ1) is 14.8. The molecule has 0 aliphatic carbocycles. The number of carbonyl (C=O) groups is 1. The van der Waals surface area contributed by atoms with Crippen LogP contribution < -0.4 is 19.1 Å². The van der Waals surface area contributed by atoms with Crippen LogP contribution in [-0.2, 0) is 21.2 Å². The number of fused-ring (bicyclic) bond motifs is 2. The maximum Gasteiger partial charge on any atom is 0.264 e. The highest BCUT2D eigenvalue weighted by atomic mass is 32.2. The lowest BCUT2D eigenvalue weighted by molar-refractivity contribution is -0.115. The molecule has 7 nitrogen and oxygen atoms in total. The van der Waals surface area contributed by atoms with E-state index in [2.05, 4.69) is 5.32 Å². The molecule has 0 spiro atoms. The molecule has 0 unspecified atom stereocenters. The van der Waals surface area contributed by atoms with Crippen LogP contribution in [0.3, 0.4) is 0 Å². The van der Waals surface area contributed by atoms with E-state index >= 15 is 0 Å². The van der Waals surface area contributed by atoms with Crippen molar-refractivity contribution in [2.45, 2.75) is 11.3 Å². The SMILES string of the molecule is CN(c1ccc2c(c1)OCO2)S(=O)(=O)c1ccc2c(c1)CC(=O)N2. The van der Waals surface area contributed by atoms with E-state index in [4.69, 9.17) is 9.47 Å². The summed E-state index contributed by atoms with van der Waals surface area (Å²) in [6, 6.07) is 9.59. The third-order valence-electron chi connectivity index (χ3n) is 4.08. The van der Waals surface area contributed by atoms with Gasteiger partial charge in [0.25, 0.3) is 10.0 Å². The molecule has 0 atom stereocenters. The Morgan fingerprint density at radius 3 is 2.71 bits per heavy atom.